The second-order valence-electron chi connectivity index (χ2n) is 5.27. The molecule has 2 N–H and O–H groups in total. The van der Waals surface area contributed by atoms with Crippen molar-refractivity contribution in [2.24, 2.45) is 5.73 Å². The Bertz CT molecular complexity index is 389. The summed E-state index contributed by atoms with van der Waals surface area (Å²) in [6.07, 6.45) is 5.20. The van der Waals surface area contributed by atoms with Crippen LogP contribution in [0.3, 0.4) is 0 Å². The van der Waals surface area contributed by atoms with Gasteiger partial charge in [0.25, 0.3) is 0 Å². The van der Waals surface area contributed by atoms with Crippen molar-refractivity contribution in [3.8, 4) is 0 Å². The van der Waals surface area contributed by atoms with Crippen molar-refractivity contribution in [1.29, 1.82) is 0 Å². The molecule has 0 aliphatic carbocycles. The van der Waals surface area contributed by atoms with E-state index >= 15 is 0 Å². The van der Waals surface area contributed by atoms with E-state index < -0.39 is 0 Å². The van der Waals surface area contributed by atoms with Gasteiger partial charge >= 0.3 is 0 Å². The number of hydrogen-bond acceptors (Lipinski definition) is 3. The second-order valence-corrected chi connectivity index (χ2v) is 5.27. The van der Waals surface area contributed by atoms with Crippen molar-refractivity contribution in [3.63, 3.8) is 0 Å². The molecule has 0 amide bonds. The van der Waals surface area contributed by atoms with Gasteiger partial charge in [-0.3, -0.25) is 0 Å². The number of benzene rings is 1. The van der Waals surface area contributed by atoms with Gasteiger partial charge < -0.3 is 15.5 Å². The SMILES string of the molecule is CN1CCN(CCc2ccc(/C=C/CN)cc2)CC1. The number of likely N-dealkylation sites (N-methyl/N-ethyl adjacent to an activating group) is 1. The highest BCUT2D eigenvalue weighted by molar-refractivity contribution is 5.49. The molecule has 0 aromatic heterocycles. The molecule has 1 aromatic carbocycles. The molecular formula is C16H25N3. The zero-order valence-corrected chi connectivity index (χ0v) is 11.9. The topological polar surface area (TPSA) is 32.5 Å². The molecule has 3 heteroatoms. The van der Waals surface area contributed by atoms with Gasteiger partial charge in [0.15, 0.2) is 0 Å². The molecule has 104 valence electrons. The third-order valence-corrected chi connectivity index (χ3v) is 3.74. The first-order valence-corrected chi connectivity index (χ1v) is 7.14. The van der Waals surface area contributed by atoms with Crippen LogP contribution < -0.4 is 5.73 Å². The smallest absolute Gasteiger partial charge is 0.0110 e. The summed E-state index contributed by atoms with van der Waals surface area (Å²) < 4.78 is 0. The second kappa shape index (κ2) is 7.43. The zero-order chi connectivity index (χ0) is 13.5. The summed E-state index contributed by atoms with van der Waals surface area (Å²) in [7, 11) is 2.20. The van der Waals surface area contributed by atoms with Gasteiger partial charge in [-0.05, 0) is 24.6 Å². The van der Waals surface area contributed by atoms with Crippen LogP contribution in [-0.4, -0.2) is 56.1 Å². The molecule has 19 heavy (non-hydrogen) atoms. The minimum atomic E-state index is 0.602. The molecule has 0 unspecified atom stereocenters. The Balaban J connectivity index is 1.78. The average Bonchev–Trinajstić information content (AvgIpc) is 2.46. The van der Waals surface area contributed by atoms with Gasteiger partial charge in [0.1, 0.15) is 0 Å². The number of nitrogens with zero attached hydrogens (tertiary/aromatic N) is 2. The largest absolute Gasteiger partial charge is 0.327 e. The van der Waals surface area contributed by atoms with E-state index in [1.807, 2.05) is 6.08 Å². The monoisotopic (exact) mass is 259 g/mol. The summed E-state index contributed by atoms with van der Waals surface area (Å²) in [6, 6.07) is 8.80. The van der Waals surface area contributed by atoms with Gasteiger partial charge in [-0.2, -0.15) is 0 Å². The minimum absolute atomic E-state index is 0.602. The molecule has 1 fully saturated rings. The standard InChI is InChI=1S/C16H25N3/c1-18-11-13-19(14-12-18)10-8-16-6-4-15(5-7-16)3-2-9-17/h2-7H,8-14,17H2,1H3/b3-2+. The maximum atomic E-state index is 5.45. The Kier molecular flexibility index (Phi) is 5.58. The van der Waals surface area contributed by atoms with Crippen LogP contribution in [0.25, 0.3) is 6.08 Å². The summed E-state index contributed by atoms with van der Waals surface area (Å²) in [5.74, 6) is 0. The van der Waals surface area contributed by atoms with Crippen LogP contribution in [0.1, 0.15) is 11.1 Å². The maximum absolute atomic E-state index is 5.45. The Morgan fingerprint density at radius 2 is 1.79 bits per heavy atom. The van der Waals surface area contributed by atoms with Crippen LogP contribution in [0.2, 0.25) is 0 Å². The fourth-order valence-corrected chi connectivity index (χ4v) is 2.36. The van der Waals surface area contributed by atoms with Gasteiger partial charge in [-0.1, -0.05) is 36.4 Å². The molecule has 1 saturated heterocycles. The van der Waals surface area contributed by atoms with Gasteiger partial charge in [-0.15, -0.1) is 0 Å². The molecule has 2 rings (SSSR count). The third-order valence-electron chi connectivity index (χ3n) is 3.74. The first-order chi connectivity index (χ1) is 9.28. The van der Waals surface area contributed by atoms with Gasteiger partial charge in [-0.25, -0.2) is 0 Å². The van der Waals surface area contributed by atoms with Gasteiger partial charge in [0.05, 0.1) is 0 Å². The molecule has 0 atom stereocenters. The predicted octanol–water partition coefficient (Wildman–Crippen LogP) is 1.45. The minimum Gasteiger partial charge on any atom is -0.327 e. The predicted molar refractivity (Wildman–Crippen MR) is 82.2 cm³/mol. The highest BCUT2D eigenvalue weighted by Crippen LogP contribution is 2.08. The van der Waals surface area contributed by atoms with Crippen LogP contribution in [0.4, 0.5) is 0 Å². The fraction of sp³-hybridized carbons (Fsp3) is 0.500. The van der Waals surface area contributed by atoms with E-state index in [4.69, 9.17) is 5.73 Å². The van der Waals surface area contributed by atoms with Crippen molar-refractivity contribution >= 4 is 6.08 Å². The van der Waals surface area contributed by atoms with E-state index in [1.54, 1.807) is 0 Å². The highest BCUT2D eigenvalue weighted by atomic mass is 15.2. The van der Waals surface area contributed by atoms with E-state index in [1.165, 1.54) is 43.9 Å². The van der Waals surface area contributed by atoms with E-state index in [9.17, 15) is 0 Å². The quantitative estimate of drug-likeness (QED) is 0.868. The number of hydrogen-bond donors (Lipinski definition) is 1. The first-order valence-electron chi connectivity index (χ1n) is 7.14. The molecule has 1 heterocycles. The molecule has 1 aromatic rings. The normalized spacial score (nSPS) is 18.2. The lowest BCUT2D eigenvalue weighted by Gasteiger charge is -2.32. The molecule has 0 spiro atoms. The van der Waals surface area contributed by atoms with Crippen molar-refractivity contribution in [3.05, 3.63) is 41.5 Å². The van der Waals surface area contributed by atoms with E-state index in [2.05, 4.69) is 47.2 Å². The fourth-order valence-electron chi connectivity index (χ4n) is 2.36. The van der Waals surface area contributed by atoms with Crippen molar-refractivity contribution in [2.75, 3.05) is 46.3 Å². The van der Waals surface area contributed by atoms with Crippen LogP contribution >= 0.6 is 0 Å². The summed E-state index contributed by atoms with van der Waals surface area (Å²) in [6.45, 7) is 6.57. The molecule has 0 saturated carbocycles. The van der Waals surface area contributed by atoms with Gasteiger partial charge in [0.2, 0.25) is 0 Å². The van der Waals surface area contributed by atoms with Gasteiger partial charge in [0, 0.05) is 39.3 Å². The van der Waals surface area contributed by atoms with Crippen LogP contribution in [0.15, 0.2) is 30.3 Å². The van der Waals surface area contributed by atoms with Crippen LogP contribution in [-0.2, 0) is 6.42 Å². The van der Waals surface area contributed by atoms with Crippen LogP contribution in [0, 0.1) is 0 Å². The lowest BCUT2D eigenvalue weighted by Crippen LogP contribution is -2.45. The average molecular weight is 259 g/mol. The number of piperazine rings is 1. The highest BCUT2D eigenvalue weighted by Gasteiger charge is 2.12. The Labute approximate surface area is 116 Å². The molecular weight excluding hydrogens is 234 g/mol. The van der Waals surface area contributed by atoms with Crippen molar-refractivity contribution < 1.29 is 0 Å². The first kappa shape index (κ1) is 14.3. The van der Waals surface area contributed by atoms with E-state index in [-0.39, 0.29) is 0 Å². The number of rotatable bonds is 5. The Hall–Kier alpha value is -1.16. The summed E-state index contributed by atoms with van der Waals surface area (Å²) in [5.41, 5.74) is 8.10. The molecule has 1 aliphatic heterocycles. The summed E-state index contributed by atoms with van der Waals surface area (Å²) in [5, 5.41) is 0. The molecule has 0 bridgehead atoms. The Morgan fingerprint density at radius 1 is 1.11 bits per heavy atom. The van der Waals surface area contributed by atoms with E-state index in [0.717, 1.165) is 6.42 Å². The lowest BCUT2D eigenvalue weighted by atomic mass is 10.1. The summed E-state index contributed by atoms with van der Waals surface area (Å²) in [4.78, 5) is 4.96. The molecule has 0 radical (unpaired) electrons. The number of nitrogens with two attached hydrogens (primary N) is 1. The van der Waals surface area contributed by atoms with Crippen molar-refractivity contribution in [1.82, 2.24) is 9.80 Å². The summed E-state index contributed by atoms with van der Waals surface area (Å²) >= 11 is 0. The molecule has 3 nitrogen and oxygen atoms in total. The van der Waals surface area contributed by atoms with E-state index in [0.29, 0.717) is 6.54 Å². The Morgan fingerprint density at radius 3 is 2.42 bits per heavy atom. The third kappa shape index (κ3) is 4.78. The zero-order valence-electron chi connectivity index (χ0n) is 11.9. The maximum Gasteiger partial charge on any atom is 0.0110 e. The van der Waals surface area contributed by atoms with Crippen molar-refractivity contribution in [2.45, 2.75) is 6.42 Å². The lowest BCUT2D eigenvalue weighted by molar-refractivity contribution is 0.155. The van der Waals surface area contributed by atoms with Crippen LogP contribution in [0.5, 0.6) is 0 Å². The molecule has 1 aliphatic rings.